The van der Waals surface area contributed by atoms with Gasteiger partial charge in [0, 0.05) is 41.5 Å². The molecule has 2 saturated heterocycles. The topological polar surface area (TPSA) is 128 Å². The maximum atomic E-state index is 13.9. The normalized spacial score (nSPS) is 24.3. The van der Waals surface area contributed by atoms with Gasteiger partial charge in [-0.3, -0.25) is 24.1 Å². The summed E-state index contributed by atoms with van der Waals surface area (Å²) in [6.45, 7) is 3.72. The molecule has 3 heterocycles. The summed E-state index contributed by atoms with van der Waals surface area (Å²) in [5.74, 6) is -1.90. The molecule has 0 spiro atoms. The number of hydrogen-bond acceptors (Lipinski definition) is 7. The minimum atomic E-state index is -1.87. The van der Waals surface area contributed by atoms with Gasteiger partial charge in [-0.15, -0.1) is 0 Å². The average molecular weight is 641 g/mol. The van der Waals surface area contributed by atoms with Crippen LogP contribution in [0.3, 0.4) is 0 Å². The Balaban J connectivity index is 1.36. The van der Waals surface area contributed by atoms with E-state index in [1.165, 1.54) is 16.7 Å². The van der Waals surface area contributed by atoms with Crippen LogP contribution in [0.1, 0.15) is 50.7 Å². The van der Waals surface area contributed by atoms with Gasteiger partial charge in [-0.2, -0.15) is 0 Å². The first kappa shape index (κ1) is 29.9. The van der Waals surface area contributed by atoms with Gasteiger partial charge in [0.2, 0.25) is 11.8 Å². The zero-order valence-electron chi connectivity index (χ0n) is 23.5. The van der Waals surface area contributed by atoms with E-state index in [-0.39, 0.29) is 43.8 Å². The zero-order valence-corrected chi connectivity index (χ0v) is 25.1. The van der Waals surface area contributed by atoms with Gasteiger partial charge in [0.25, 0.3) is 5.91 Å². The number of β-lactam (4-membered cyclic amide) rings is 1. The van der Waals surface area contributed by atoms with Crippen LogP contribution in [0.15, 0.2) is 59.1 Å². The molecule has 0 aliphatic carbocycles. The van der Waals surface area contributed by atoms with Gasteiger partial charge < -0.3 is 24.7 Å². The third kappa shape index (κ3) is 5.48. The second kappa shape index (κ2) is 12.0. The van der Waals surface area contributed by atoms with Crippen molar-refractivity contribution in [3.05, 3.63) is 70.2 Å². The number of benzene rings is 2. The van der Waals surface area contributed by atoms with E-state index >= 15 is 0 Å². The van der Waals surface area contributed by atoms with Crippen molar-refractivity contribution in [3.63, 3.8) is 0 Å². The lowest BCUT2D eigenvalue weighted by molar-refractivity contribution is -0.154. The van der Waals surface area contributed by atoms with Crippen LogP contribution < -0.4 is 9.80 Å². The number of carbonyl (C=O) groups is 4. The highest BCUT2D eigenvalue weighted by Crippen LogP contribution is 2.47. The summed E-state index contributed by atoms with van der Waals surface area (Å²) in [5.41, 5.74) is 0.418. The molecule has 0 saturated carbocycles. The number of rotatable bonds is 9. The summed E-state index contributed by atoms with van der Waals surface area (Å²) in [6.07, 6.45) is 4.56. The number of carbonyl (C=O) groups excluding carboxylic acids is 4. The maximum Gasteiger partial charge on any atom is 0.304 e. The van der Waals surface area contributed by atoms with Crippen LogP contribution in [0.25, 0.3) is 0 Å². The smallest absolute Gasteiger partial charge is 0.304 e. The quantitative estimate of drug-likeness (QED) is 0.245. The number of aliphatic hydroxyl groups is 2. The van der Waals surface area contributed by atoms with Crippen LogP contribution in [0.5, 0.6) is 0 Å². The number of ether oxygens (including phenoxy) is 1. The number of esters is 1. The molecule has 2 aromatic rings. The van der Waals surface area contributed by atoms with E-state index in [4.69, 9.17) is 4.74 Å². The second-order valence-electron chi connectivity index (χ2n) is 11.0. The Morgan fingerprint density at radius 1 is 1.21 bits per heavy atom. The van der Waals surface area contributed by atoms with Gasteiger partial charge in [0.1, 0.15) is 0 Å². The van der Waals surface area contributed by atoms with E-state index in [2.05, 4.69) is 15.9 Å². The molecule has 222 valence electrons. The van der Waals surface area contributed by atoms with Crippen molar-refractivity contribution in [1.29, 1.82) is 0 Å². The molecule has 2 fully saturated rings. The molecule has 4 atom stereocenters. The first-order valence-electron chi connectivity index (χ1n) is 14.0. The summed E-state index contributed by atoms with van der Waals surface area (Å²) in [7, 11) is 0. The highest BCUT2D eigenvalue weighted by atomic mass is 79.9. The van der Waals surface area contributed by atoms with E-state index < -0.39 is 29.6 Å². The minimum absolute atomic E-state index is 0.0639. The molecule has 0 bridgehead atoms. The monoisotopic (exact) mass is 639 g/mol. The molecule has 11 heteroatoms. The predicted molar refractivity (Wildman–Crippen MR) is 158 cm³/mol. The van der Waals surface area contributed by atoms with Crippen molar-refractivity contribution in [2.75, 3.05) is 23.0 Å². The van der Waals surface area contributed by atoms with Crippen LogP contribution in [0, 0.1) is 5.92 Å². The number of nitrogens with zero attached hydrogens (tertiary/aromatic N) is 3. The van der Waals surface area contributed by atoms with E-state index in [0.29, 0.717) is 28.0 Å². The first-order valence-corrected chi connectivity index (χ1v) is 14.8. The SMILES string of the molecule is CC(=O)OC1CC(=O)N1c1cccc(CN2C(=O)[C@@](O)([C@@H](C)/C=C/CC(=O)N3CCC[C@H]3CO)c3cc(Br)ccc32)c1. The summed E-state index contributed by atoms with van der Waals surface area (Å²) < 4.78 is 5.94. The molecule has 2 N–H and O–H groups in total. The lowest BCUT2D eigenvalue weighted by atomic mass is 9.83. The van der Waals surface area contributed by atoms with Gasteiger partial charge in [-0.1, -0.05) is 47.1 Å². The number of halogens is 1. The molecular formula is C31H34BrN3O7. The highest BCUT2D eigenvalue weighted by molar-refractivity contribution is 9.10. The zero-order chi connectivity index (χ0) is 30.2. The number of hydrogen-bond donors (Lipinski definition) is 2. The Labute approximate surface area is 252 Å². The molecule has 0 aromatic heterocycles. The summed E-state index contributed by atoms with van der Waals surface area (Å²) in [4.78, 5) is 55.0. The molecule has 1 unspecified atom stereocenters. The Kier molecular flexibility index (Phi) is 8.54. The number of fused-ring (bicyclic) bond motifs is 1. The summed E-state index contributed by atoms with van der Waals surface area (Å²) >= 11 is 3.46. The van der Waals surface area contributed by atoms with Crippen LogP contribution in [-0.2, 0) is 36.1 Å². The number of amides is 3. The van der Waals surface area contributed by atoms with Gasteiger partial charge in [-0.05, 0) is 48.7 Å². The molecule has 0 radical (unpaired) electrons. The number of aliphatic hydroxyl groups excluding tert-OH is 1. The average Bonchev–Trinajstić information content (AvgIpc) is 3.51. The maximum absolute atomic E-state index is 13.9. The standard InChI is InChI=1S/C31H34BrN3O7/c1-19(6-3-10-27(38)33-13-5-9-24(33)18-36)31(41)25-15-22(32)11-12-26(25)34(30(31)40)17-21-7-4-8-23(14-21)35-28(39)16-29(35)42-20(2)37/h3-4,6-8,11-12,14-15,19,24,29,36,41H,5,9-10,13,16-18H2,1-2H3/b6-3+/t19-,24-,29?,31+/m0/s1. The fourth-order valence-corrected chi connectivity index (χ4v) is 6.39. The Bertz CT molecular complexity index is 1450. The molecule has 3 amide bonds. The Morgan fingerprint density at radius 3 is 2.71 bits per heavy atom. The predicted octanol–water partition coefficient (Wildman–Crippen LogP) is 3.38. The summed E-state index contributed by atoms with van der Waals surface area (Å²) in [6, 6.07) is 12.2. The number of likely N-dealkylation sites (tertiary alicyclic amines) is 1. The van der Waals surface area contributed by atoms with Crippen LogP contribution >= 0.6 is 15.9 Å². The fraction of sp³-hybridized carbons (Fsp3) is 0.419. The van der Waals surface area contributed by atoms with Crippen molar-refractivity contribution in [1.82, 2.24) is 4.90 Å². The van der Waals surface area contributed by atoms with Gasteiger partial charge in [-0.25, -0.2) is 0 Å². The van der Waals surface area contributed by atoms with Crippen molar-refractivity contribution in [3.8, 4) is 0 Å². The second-order valence-corrected chi connectivity index (χ2v) is 11.9. The third-order valence-electron chi connectivity index (χ3n) is 8.25. The molecule has 3 aliphatic rings. The van der Waals surface area contributed by atoms with E-state index in [1.54, 1.807) is 60.4 Å². The van der Waals surface area contributed by atoms with E-state index in [9.17, 15) is 29.4 Å². The van der Waals surface area contributed by atoms with E-state index in [1.807, 2.05) is 6.07 Å². The molecular weight excluding hydrogens is 606 g/mol. The molecule has 2 aromatic carbocycles. The lowest BCUT2D eigenvalue weighted by Gasteiger charge is -2.39. The van der Waals surface area contributed by atoms with Gasteiger partial charge in [0.05, 0.1) is 31.3 Å². The van der Waals surface area contributed by atoms with Gasteiger partial charge >= 0.3 is 5.97 Å². The molecule has 3 aliphatic heterocycles. The molecule has 42 heavy (non-hydrogen) atoms. The summed E-state index contributed by atoms with van der Waals surface area (Å²) in [5, 5.41) is 21.5. The van der Waals surface area contributed by atoms with Gasteiger partial charge in [0.15, 0.2) is 11.8 Å². The highest BCUT2D eigenvalue weighted by Gasteiger charge is 2.52. The van der Waals surface area contributed by atoms with Crippen molar-refractivity contribution in [2.24, 2.45) is 5.92 Å². The van der Waals surface area contributed by atoms with Crippen molar-refractivity contribution >= 4 is 51.0 Å². The number of anilines is 2. The minimum Gasteiger partial charge on any atom is -0.441 e. The van der Waals surface area contributed by atoms with Crippen LogP contribution in [0.2, 0.25) is 0 Å². The molecule has 5 rings (SSSR count). The fourth-order valence-electron chi connectivity index (χ4n) is 6.03. The third-order valence-corrected chi connectivity index (χ3v) is 8.75. The Hall–Kier alpha value is -3.54. The molecule has 10 nitrogen and oxygen atoms in total. The van der Waals surface area contributed by atoms with Crippen molar-refractivity contribution in [2.45, 2.75) is 63.9 Å². The first-order chi connectivity index (χ1) is 20.0. The largest absolute Gasteiger partial charge is 0.441 e. The van der Waals surface area contributed by atoms with Crippen molar-refractivity contribution < 1.29 is 34.1 Å². The Morgan fingerprint density at radius 2 is 2.00 bits per heavy atom. The lowest BCUT2D eigenvalue weighted by Crippen LogP contribution is -2.54. The van der Waals surface area contributed by atoms with Crippen LogP contribution in [-0.4, -0.2) is 64.2 Å². The van der Waals surface area contributed by atoms with Crippen LogP contribution in [0.4, 0.5) is 11.4 Å². The van der Waals surface area contributed by atoms with E-state index in [0.717, 1.165) is 18.4 Å².